The molecule has 1 fully saturated rings. The van der Waals surface area contributed by atoms with Gasteiger partial charge in [0.1, 0.15) is 28.9 Å². The normalized spacial score (nSPS) is 15.2. The number of carbonyl (C=O) groups is 1. The fourth-order valence-corrected chi connectivity index (χ4v) is 3.96. The van der Waals surface area contributed by atoms with Crippen molar-refractivity contribution in [1.82, 2.24) is 30.2 Å². The number of hydrogen-bond acceptors (Lipinski definition) is 5. The highest BCUT2D eigenvalue weighted by molar-refractivity contribution is 5.98. The van der Waals surface area contributed by atoms with Gasteiger partial charge < -0.3 is 10.3 Å². The van der Waals surface area contributed by atoms with Gasteiger partial charge in [0.25, 0.3) is 5.91 Å². The largest absolute Gasteiger partial charge is 0.354 e. The minimum Gasteiger partial charge on any atom is -0.354 e. The van der Waals surface area contributed by atoms with E-state index in [2.05, 4.69) is 25.2 Å². The van der Waals surface area contributed by atoms with E-state index in [-0.39, 0.29) is 17.6 Å². The molecule has 2 N–H and O–H groups in total. The van der Waals surface area contributed by atoms with Gasteiger partial charge in [-0.2, -0.15) is 0 Å². The summed E-state index contributed by atoms with van der Waals surface area (Å²) in [5.41, 5.74) is 2.81. The number of carbonyl (C=O) groups excluding carboxylic acids is 1. The molecule has 0 saturated carbocycles. The van der Waals surface area contributed by atoms with Crippen LogP contribution >= 0.6 is 0 Å². The molecule has 31 heavy (non-hydrogen) atoms. The van der Waals surface area contributed by atoms with Gasteiger partial charge in [-0.15, -0.1) is 0 Å². The van der Waals surface area contributed by atoms with Gasteiger partial charge in [0, 0.05) is 49.5 Å². The second-order valence-electron chi connectivity index (χ2n) is 7.84. The van der Waals surface area contributed by atoms with E-state index in [9.17, 15) is 9.18 Å². The number of halogens is 1. The van der Waals surface area contributed by atoms with Crippen LogP contribution in [0.2, 0.25) is 0 Å². The first kappa shape index (κ1) is 21.1. The van der Waals surface area contributed by atoms with Crippen LogP contribution in [0.25, 0.3) is 11.3 Å². The van der Waals surface area contributed by atoms with Gasteiger partial charge in [0.05, 0.1) is 0 Å². The lowest BCUT2D eigenvalue weighted by Crippen LogP contribution is -2.32. The zero-order valence-electron chi connectivity index (χ0n) is 17.9. The lowest BCUT2D eigenvalue weighted by atomic mass is 9.96. The third kappa shape index (κ3) is 4.80. The third-order valence-corrected chi connectivity index (χ3v) is 5.75. The third-order valence-electron chi connectivity index (χ3n) is 5.75. The minimum atomic E-state index is -0.317. The molecule has 1 aliphatic rings. The van der Waals surface area contributed by atoms with Crippen LogP contribution in [0.3, 0.4) is 0 Å². The average molecular weight is 423 g/mol. The summed E-state index contributed by atoms with van der Waals surface area (Å²) in [5, 5.41) is 2.66. The Labute approximate surface area is 181 Å². The van der Waals surface area contributed by atoms with Gasteiger partial charge >= 0.3 is 0 Å². The summed E-state index contributed by atoms with van der Waals surface area (Å²) in [6.07, 6.45) is 6.55. The number of benzene rings is 1. The zero-order valence-corrected chi connectivity index (χ0v) is 17.9. The van der Waals surface area contributed by atoms with Crippen molar-refractivity contribution in [1.29, 1.82) is 0 Å². The van der Waals surface area contributed by atoms with Crippen LogP contribution in [0.15, 0.2) is 36.7 Å². The predicted octanol–water partition coefficient (Wildman–Crippen LogP) is 3.31. The fourth-order valence-electron chi connectivity index (χ4n) is 3.96. The van der Waals surface area contributed by atoms with Gasteiger partial charge in [-0.1, -0.05) is 6.92 Å². The quantitative estimate of drug-likeness (QED) is 0.637. The Balaban J connectivity index is 1.46. The molecule has 2 aromatic heterocycles. The van der Waals surface area contributed by atoms with Crippen LogP contribution < -0.4 is 5.32 Å². The Morgan fingerprint density at radius 2 is 1.87 bits per heavy atom. The van der Waals surface area contributed by atoms with E-state index in [0.717, 1.165) is 61.7 Å². The van der Waals surface area contributed by atoms with Crippen LogP contribution in [-0.2, 0) is 13.0 Å². The molecule has 0 aliphatic carbocycles. The van der Waals surface area contributed by atoms with Gasteiger partial charge in [0.15, 0.2) is 0 Å². The maximum atomic E-state index is 13.3. The second-order valence-corrected chi connectivity index (χ2v) is 7.84. The number of likely N-dealkylation sites (tertiary alicyclic amines) is 1. The molecule has 0 spiro atoms. The number of nitrogens with zero attached hydrogens (tertiary/aromatic N) is 4. The van der Waals surface area contributed by atoms with Crippen molar-refractivity contribution in [3.63, 3.8) is 0 Å². The highest BCUT2D eigenvalue weighted by Gasteiger charge is 2.26. The number of amides is 1. The second kappa shape index (κ2) is 9.34. The molecule has 1 amide bonds. The van der Waals surface area contributed by atoms with Crippen LogP contribution in [-0.4, -0.2) is 50.9 Å². The van der Waals surface area contributed by atoms with Crippen molar-refractivity contribution in [2.24, 2.45) is 0 Å². The summed E-state index contributed by atoms with van der Waals surface area (Å²) >= 11 is 0. The first-order chi connectivity index (χ1) is 15.1. The Morgan fingerprint density at radius 1 is 1.19 bits per heavy atom. The summed E-state index contributed by atoms with van der Waals surface area (Å²) in [7, 11) is 1.59. The lowest BCUT2D eigenvalue weighted by molar-refractivity contribution is 0.0959. The summed E-state index contributed by atoms with van der Waals surface area (Å²) in [6, 6.07) is 6.06. The fraction of sp³-hybridized carbons (Fsp3) is 0.391. The smallest absolute Gasteiger partial charge is 0.269 e. The SMILES string of the molecule is CCc1ncc(CN2CCC(c3nc(-c4ccc(F)cc4)c(C(=O)NC)[nH]3)CC2)cn1. The molecule has 7 nitrogen and oxygen atoms in total. The monoisotopic (exact) mass is 422 g/mol. The summed E-state index contributed by atoms with van der Waals surface area (Å²) in [6.45, 7) is 4.74. The van der Waals surface area contributed by atoms with Crippen LogP contribution in [0.5, 0.6) is 0 Å². The van der Waals surface area contributed by atoms with E-state index >= 15 is 0 Å². The molecule has 0 bridgehead atoms. The number of hydrogen-bond donors (Lipinski definition) is 2. The van der Waals surface area contributed by atoms with Gasteiger partial charge in [-0.3, -0.25) is 9.69 Å². The van der Waals surface area contributed by atoms with Crippen LogP contribution in [0.1, 0.15) is 53.4 Å². The number of aryl methyl sites for hydroxylation is 1. The highest BCUT2D eigenvalue weighted by atomic mass is 19.1. The molecule has 1 aliphatic heterocycles. The van der Waals surface area contributed by atoms with Gasteiger partial charge in [0.2, 0.25) is 0 Å². The number of aromatic nitrogens is 4. The Morgan fingerprint density at radius 3 is 2.48 bits per heavy atom. The van der Waals surface area contributed by atoms with Gasteiger partial charge in [-0.05, 0) is 50.2 Å². The summed E-state index contributed by atoms with van der Waals surface area (Å²) < 4.78 is 13.3. The molecule has 162 valence electrons. The van der Waals surface area contributed by atoms with E-state index in [1.807, 2.05) is 19.3 Å². The van der Waals surface area contributed by atoms with Gasteiger partial charge in [-0.25, -0.2) is 19.3 Å². The highest BCUT2D eigenvalue weighted by Crippen LogP contribution is 2.30. The van der Waals surface area contributed by atoms with E-state index < -0.39 is 0 Å². The van der Waals surface area contributed by atoms with Crippen molar-refractivity contribution in [3.8, 4) is 11.3 Å². The van der Waals surface area contributed by atoms with E-state index in [0.29, 0.717) is 11.4 Å². The molecule has 3 aromatic rings. The van der Waals surface area contributed by atoms with E-state index in [4.69, 9.17) is 4.98 Å². The van der Waals surface area contributed by atoms with Crippen LogP contribution in [0.4, 0.5) is 4.39 Å². The Hall–Kier alpha value is -3.13. The molecule has 8 heteroatoms. The van der Waals surface area contributed by atoms with Crippen molar-refractivity contribution >= 4 is 5.91 Å². The lowest BCUT2D eigenvalue weighted by Gasteiger charge is -2.30. The number of nitrogens with one attached hydrogen (secondary N) is 2. The maximum absolute atomic E-state index is 13.3. The molecular formula is C23H27FN6O. The van der Waals surface area contributed by atoms with Crippen molar-refractivity contribution < 1.29 is 9.18 Å². The molecule has 3 heterocycles. The molecule has 1 saturated heterocycles. The first-order valence-electron chi connectivity index (χ1n) is 10.7. The molecule has 0 radical (unpaired) electrons. The van der Waals surface area contributed by atoms with Crippen LogP contribution in [0, 0.1) is 5.82 Å². The minimum absolute atomic E-state index is 0.231. The summed E-state index contributed by atoms with van der Waals surface area (Å²) in [4.78, 5) is 31.5. The van der Waals surface area contributed by atoms with E-state index in [1.54, 1.807) is 19.2 Å². The molecule has 4 rings (SSSR count). The number of aromatic amines is 1. The number of rotatable bonds is 6. The molecular weight excluding hydrogens is 395 g/mol. The molecule has 1 aromatic carbocycles. The molecule has 0 unspecified atom stereocenters. The van der Waals surface area contributed by atoms with Crippen molar-refractivity contribution in [3.05, 3.63) is 65.4 Å². The number of H-pyrrole nitrogens is 1. The Bertz CT molecular complexity index is 1020. The summed E-state index contributed by atoms with van der Waals surface area (Å²) in [5.74, 6) is 1.37. The zero-order chi connectivity index (χ0) is 21.8. The standard InChI is InChI=1S/C23H27FN6O/c1-3-19-26-12-15(13-27-19)14-30-10-8-17(9-11-30)22-28-20(21(29-22)23(31)25-2)16-4-6-18(24)7-5-16/h4-7,12-13,17H,3,8-11,14H2,1-2H3,(H,25,31)(H,28,29). The number of piperidine rings is 1. The predicted molar refractivity (Wildman–Crippen MR) is 116 cm³/mol. The Kier molecular flexibility index (Phi) is 6.36. The number of imidazole rings is 1. The maximum Gasteiger partial charge on any atom is 0.269 e. The molecule has 0 atom stereocenters. The van der Waals surface area contributed by atoms with Crippen molar-refractivity contribution in [2.75, 3.05) is 20.1 Å². The van der Waals surface area contributed by atoms with Crippen molar-refractivity contribution in [2.45, 2.75) is 38.6 Å². The average Bonchev–Trinajstić information content (AvgIpc) is 3.25. The first-order valence-corrected chi connectivity index (χ1v) is 10.7. The van der Waals surface area contributed by atoms with E-state index in [1.165, 1.54) is 12.1 Å². The topological polar surface area (TPSA) is 86.8 Å².